The molecule has 1 atom stereocenters. The van der Waals surface area contributed by atoms with Gasteiger partial charge >= 0.3 is 0 Å². The average Bonchev–Trinajstić information content (AvgIpc) is 2.41. The van der Waals surface area contributed by atoms with Crippen LogP contribution in [0.4, 0.5) is 17.6 Å². The molecule has 0 spiro atoms. The number of nitrogens with two attached hydrogens (primary N) is 2. The molecule has 22 heavy (non-hydrogen) atoms. The van der Waals surface area contributed by atoms with Gasteiger partial charge in [0.25, 0.3) is 0 Å². The molecule has 0 aliphatic heterocycles. The van der Waals surface area contributed by atoms with Gasteiger partial charge in [-0.1, -0.05) is 13.8 Å². The first kappa shape index (κ1) is 16.1. The van der Waals surface area contributed by atoms with Crippen molar-refractivity contribution in [3.05, 3.63) is 24.0 Å². The molecule has 1 unspecified atom stereocenters. The van der Waals surface area contributed by atoms with Crippen LogP contribution < -0.4 is 20.9 Å². The molecule has 0 amide bonds. The highest BCUT2D eigenvalue weighted by atomic mass is 32.2. The third kappa shape index (κ3) is 3.89. The van der Waals surface area contributed by atoms with Crippen LogP contribution in [0.5, 0.6) is 11.5 Å². The summed E-state index contributed by atoms with van der Waals surface area (Å²) >= 11 is -1.23. The van der Waals surface area contributed by atoms with Crippen LogP contribution in [-0.2, 0) is 11.4 Å². The lowest BCUT2D eigenvalue weighted by atomic mass is 10.0. The number of anilines is 3. The number of aromatic nitrogens is 3. The van der Waals surface area contributed by atoms with Gasteiger partial charge in [0.15, 0.2) is 17.4 Å². The van der Waals surface area contributed by atoms with E-state index >= 15 is 0 Å². The van der Waals surface area contributed by atoms with Crippen molar-refractivity contribution in [1.29, 1.82) is 0 Å². The Hall–Kier alpha value is -2.26. The molecule has 0 aliphatic carbocycles. The standard InChI is InChI=1S/C13H18N6O2S/c1-7(2)8-5-16-11(19-22(3)20)4-9(8)21-10-6-17-13(15)18-12(10)14/h4-7H,1-3H3,(H,16,19)(H4,14,15,17,18). The van der Waals surface area contributed by atoms with E-state index in [1.807, 2.05) is 13.8 Å². The van der Waals surface area contributed by atoms with Gasteiger partial charge < -0.3 is 20.8 Å². The van der Waals surface area contributed by atoms with Crippen LogP contribution >= 0.6 is 0 Å². The molecule has 0 aromatic carbocycles. The van der Waals surface area contributed by atoms with Gasteiger partial charge in [0.1, 0.15) is 12.0 Å². The summed E-state index contributed by atoms with van der Waals surface area (Å²) in [5.41, 5.74) is 12.1. The fourth-order valence-electron chi connectivity index (χ4n) is 1.77. The minimum Gasteiger partial charge on any atom is -0.593 e. The lowest BCUT2D eigenvalue weighted by molar-refractivity contribution is 0.470. The van der Waals surface area contributed by atoms with Gasteiger partial charge in [0.2, 0.25) is 5.95 Å². The largest absolute Gasteiger partial charge is 0.593 e. The number of hydrogen-bond acceptors (Lipinski definition) is 8. The molecular formula is C13H18N6O2S. The Labute approximate surface area is 131 Å². The number of hydrogen-bond donors (Lipinski definition) is 3. The highest BCUT2D eigenvalue weighted by Gasteiger charge is 2.14. The van der Waals surface area contributed by atoms with Crippen LogP contribution in [0.3, 0.4) is 0 Å². The van der Waals surface area contributed by atoms with Crippen molar-refractivity contribution in [3.63, 3.8) is 0 Å². The number of ether oxygens (including phenoxy) is 1. The van der Waals surface area contributed by atoms with E-state index < -0.39 is 11.4 Å². The summed E-state index contributed by atoms with van der Waals surface area (Å²) < 4.78 is 19.8. The summed E-state index contributed by atoms with van der Waals surface area (Å²) in [7, 11) is 0. The van der Waals surface area contributed by atoms with Crippen LogP contribution in [0.1, 0.15) is 25.3 Å². The molecule has 5 N–H and O–H groups in total. The highest BCUT2D eigenvalue weighted by Crippen LogP contribution is 2.33. The van der Waals surface area contributed by atoms with Crippen molar-refractivity contribution in [1.82, 2.24) is 15.0 Å². The Kier molecular flexibility index (Phi) is 4.88. The Balaban J connectivity index is 2.37. The second-order valence-electron chi connectivity index (χ2n) is 4.90. The molecule has 9 heteroatoms. The van der Waals surface area contributed by atoms with Crippen LogP contribution in [0.2, 0.25) is 0 Å². The maximum atomic E-state index is 11.3. The predicted octanol–water partition coefficient (Wildman–Crippen LogP) is 1.66. The molecule has 0 aliphatic rings. The van der Waals surface area contributed by atoms with Crippen molar-refractivity contribution >= 4 is 28.9 Å². The second kappa shape index (κ2) is 6.67. The van der Waals surface area contributed by atoms with Crippen LogP contribution in [-0.4, -0.2) is 25.8 Å². The fraction of sp³-hybridized carbons (Fsp3) is 0.308. The first-order valence-corrected chi connectivity index (χ1v) is 8.08. The van der Waals surface area contributed by atoms with Crippen molar-refractivity contribution in [2.45, 2.75) is 19.8 Å². The quantitative estimate of drug-likeness (QED) is 0.707. The number of rotatable bonds is 5. The molecule has 0 fully saturated rings. The summed E-state index contributed by atoms with van der Waals surface area (Å²) in [4.78, 5) is 11.9. The summed E-state index contributed by atoms with van der Waals surface area (Å²) in [5.74, 6) is 1.68. The van der Waals surface area contributed by atoms with E-state index in [0.717, 1.165) is 5.56 Å². The molecule has 0 saturated heterocycles. The van der Waals surface area contributed by atoms with Crippen LogP contribution in [0.15, 0.2) is 18.5 Å². The molecule has 118 valence electrons. The normalized spacial score (nSPS) is 12.2. The van der Waals surface area contributed by atoms with E-state index in [-0.39, 0.29) is 17.7 Å². The SMILES string of the molecule is CC(C)c1cnc(N[S+](C)[O-])cc1Oc1cnc(N)nc1N. The molecule has 0 radical (unpaired) electrons. The molecule has 0 bridgehead atoms. The van der Waals surface area contributed by atoms with E-state index in [0.29, 0.717) is 17.3 Å². The van der Waals surface area contributed by atoms with Crippen molar-refractivity contribution in [3.8, 4) is 11.5 Å². The smallest absolute Gasteiger partial charge is 0.222 e. The summed E-state index contributed by atoms with van der Waals surface area (Å²) in [5, 5.41) is 0. The molecule has 2 aromatic rings. The number of nitrogens with one attached hydrogen (secondary N) is 1. The van der Waals surface area contributed by atoms with E-state index in [1.165, 1.54) is 12.5 Å². The molecule has 2 heterocycles. The monoisotopic (exact) mass is 322 g/mol. The Bertz CT molecular complexity index is 665. The predicted molar refractivity (Wildman–Crippen MR) is 86.9 cm³/mol. The molecule has 0 saturated carbocycles. The third-order valence-electron chi connectivity index (χ3n) is 2.79. The van der Waals surface area contributed by atoms with Gasteiger partial charge in [-0.15, -0.1) is 0 Å². The van der Waals surface area contributed by atoms with Gasteiger partial charge in [0.05, 0.1) is 17.6 Å². The molecule has 2 aromatic heterocycles. The van der Waals surface area contributed by atoms with Gasteiger partial charge in [-0.3, -0.25) is 0 Å². The zero-order valence-electron chi connectivity index (χ0n) is 12.5. The van der Waals surface area contributed by atoms with Gasteiger partial charge in [0, 0.05) is 17.8 Å². The van der Waals surface area contributed by atoms with E-state index in [1.54, 1.807) is 12.3 Å². The second-order valence-corrected chi connectivity index (χ2v) is 6.01. The maximum Gasteiger partial charge on any atom is 0.222 e. The topological polar surface area (TPSA) is 135 Å². The first-order chi connectivity index (χ1) is 10.4. The number of pyridine rings is 1. The van der Waals surface area contributed by atoms with Crippen LogP contribution in [0, 0.1) is 0 Å². The fourth-order valence-corrected chi connectivity index (χ4v) is 2.17. The zero-order chi connectivity index (χ0) is 16.3. The minimum absolute atomic E-state index is 0.0763. The summed E-state index contributed by atoms with van der Waals surface area (Å²) in [6.07, 6.45) is 4.60. The molecular weight excluding hydrogens is 304 g/mol. The van der Waals surface area contributed by atoms with Crippen molar-refractivity contribution in [2.24, 2.45) is 0 Å². The average molecular weight is 322 g/mol. The van der Waals surface area contributed by atoms with Gasteiger partial charge in [-0.05, 0) is 5.92 Å². The highest BCUT2D eigenvalue weighted by molar-refractivity contribution is 7.92. The number of nitrogen functional groups attached to an aromatic ring is 2. The Morgan fingerprint density at radius 2 is 1.95 bits per heavy atom. The lowest BCUT2D eigenvalue weighted by Crippen LogP contribution is -2.11. The summed E-state index contributed by atoms with van der Waals surface area (Å²) in [6, 6.07) is 1.66. The first-order valence-electron chi connectivity index (χ1n) is 6.52. The van der Waals surface area contributed by atoms with Crippen molar-refractivity contribution in [2.75, 3.05) is 22.4 Å². The molecule has 8 nitrogen and oxygen atoms in total. The van der Waals surface area contributed by atoms with E-state index in [4.69, 9.17) is 16.2 Å². The van der Waals surface area contributed by atoms with Crippen molar-refractivity contribution < 1.29 is 9.29 Å². The Morgan fingerprint density at radius 3 is 2.55 bits per heavy atom. The Morgan fingerprint density at radius 1 is 1.23 bits per heavy atom. The van der Waals surface area contributed by atoms with Gasteiger partial charge in [-0.25, -0.2) is 9.97 Å². The lowest BCUT2D eigenvalue weighted by Gasteiger charge is -2.15. The van der Waals surface area contributed by atoms with E-state index in [9.17, 15) is 4.55 Å². The maximum absolute atomic E-state index is 11.3. The van der Waals surface area contributed by atoms with Crippen LogP contribution in [0.25, 0.3) is 0 Å². The zero-order valence-corrected chi connectivity index (χ0v) is 13.3. The number of nitrogens with zero attached hydrogens (tertiary/aromatic N) is 3. The third-order valence-corrected chi connectivity index (χ3v) is 3.28. The van der Waals surface area contributed by atoms with Gasteiger partial charge in [-0.2, -0.15) is 9.71 Å². The summed E-state index contributed by atoms with van der Waals surface area (Å²) in [6.45, 7) is 4.02. The molecule has 2 rings (SSSR count). The minimum atomic E-state index is -1.23. The van der Waals surface area contributed by atoms with E-state index in [2.05, 4.69) is 19.7 Å².